The van der Waals surface area contributed by atoms with Gasteiger partial charge in [-0.15, -0.1) is 0 Å². The van der Waals surface area contributed by atoms with Gasteiger partial charge in [-0.05, 0) is 12.8 Å². The normalized spacial score (nSPS) is 16.0. The Kier molecular flexibility index (Phi) is 5.70. The van der Waals surface area contributed by atoms with Gasteiger partial charge in [-0.25, -0.2) is 15.0 Å². The van der Waals surface area contributed by atoms with Crippen LogP contribution >= 0.6 is 0 Å². The number of rotatable bonds is 6. The molecule has 2 aromatic rings. The van der Waals surface area contributed by atoms with E-state index < -0.39 is 0 Å². The van der Waals surface area contributed by atoms with Crippen LogP contribution in [-0.4, -0.2) is 72.4 Å². The highest BCUT2D eigenvalue weighted by molar-refractivity contribution is 5.72. The number of morpholine rings is 1. The zero-order valence-electron chi connectivity index (χ0n) is 16.5. The lowest BCUT2D eigenvalue weighted by atomic mass is 10.1. The van der Waals surface area contributed by atoms with Crippen LogP contribution in [-0.2, 0) is 20.7 Å². The molecule has 1 saturated heterocycles. The van der Waals surface area contributed by atoms with E-state index in [0.29, 0.717) is 32.0 Å². The number of nitrogens with two attached hydrogens (primary N) is 1. The Bertz CT molecular complexity index is 869. The van der Waals surface area contributed by atoms with E-state index in [1.54, 1.807) is 12.4 Å². The molecule has 0 amide bonds. The Morgan fingerprint density at radius 1 is 1.21 bits per heavy atom. The summed E-state index contributed by atoms with van der Waals surface area (Å²) in [5.74, 6) is 1.63. The second-order valence-electron chi connectivity index (χ2n) is 7.02. The first kappa shape index (κ1) is 19.3. The molecule has 10 heteroatoms. The molecule has 0 atom stereocenters. The van der Waals surface area contributed by atoms with Gasteiger partial charge in [0.25, 0.3) is 0 Å². The summed E-state index contributed by atoms with van der Waals surface area (Å²) in [5.41, 5.74) is 8.39. The van der Waals surface area contributed by atoms with Gasteiger partial charge >= 0.3 is 5.97 Å². The SMILES string of the molecule is COC(=O)CCCN1CCc2c(-c3cnc(N)nc3)nc(N3CCOCC3)nc21. The van der Waals surface area contributed by atoms with Gasteiger partial charge in [-0.1, -0.05) is 0 Å². The number of hydrogen-bond donors (Lipinski definition) is 1. The number of fused-ring (bicyclic) bond motifs is 1. The predicted octanol–water partition coefficient (Wildman–Crippen LogP) is 0.668. The third-order valence-electron chi connectivity index (χ3n) is 5.18. The number of methoxy groups -OCH3 is 1. The number of aromatic nitrogens is 4. The maximum absolute atomic E-state index is 11.4. The predicted molar refractivity (Wildman–Crippen MR) is 108 cm³/mol. The summed E-state index contributed by atoms with van der Waals surface area (Å²) in [6.07, 6.45) is 5.34. The first-order valence-corrected chi connectivity index (χ1v) is 9.79. The number of carbonyl (C=O) groups excluding carboxylic acids is 1. The summed E-state index contributed by atoms with van der Waals surface area (Å²) in [6, 6.07) is 0. The van der Waals surface area contributed by atoms with E-state index in [1.807, 2.05) is 0 Å². The fraction of sp³-hybridized carbons (Fsp3) is 0.526. The van der Waals surface area contributed by atoms with Crippen LogP contribution in [0.2, 0.25) is 0 Å². The number of ether oxygens (including phenoxy) is 2. The van der Waals surface area contributed by atoms with Crippen molar-refractivity contribution in [3.8, 4) is 11.3 Å². The maximum Gasteiger partial charge on any atom is 0.305 e. The highest BCUT2D eigenvalue weighted by atomic mass is 16.5. The summed E-state index contributed by atoms with van der Waals surface area (Å²) in [4.78, 5) is 33.8. The average Bonchev–Trinajstić information content (AvgIpc) is 3.17. The third-order valence-corrected chi connectivity index (χ3v) is 5.18. The molecule has 2 aliphatic heterocycles. The molecule has 0 radical (unpaired) electrons. The molecule has 0 bridgehead atoms. The third kappa shape index (κ3) is 4.21. The second-order valence-corrected chi connectivity index (χ2v) is 7.02. The van der Waals surface area contributed by atoms with Gasteiger partial charge in [0.05, 0.1) is 26.0 Å². The zero-order chi connectivity index (χ0) is 20.2. The van der Waals surface area contributed by atoms with Crippen molar-refractivity contribution in [3.05, 3.63) is 18.0 Å². The average molecular weight is 399 g/mol. The molecular formula is C19H25N7O3. The molecular weight excluding hydrogens is 374 g/mol. The molecule has 0 spiro atoms. The fourth-order valence-electron chi connectivity index (χ4n) is 3.64. The lowest BCUT2D eigenvalue weighted by Gasteiger charge is -2.28. The summed E-state index contributed by atoms with van der Waals surface area (Å²) >= 11 is 0. The van der Waals surface area contributed by atoms with E-state index in [9.17, 15) is 4.79 Å². The number of nitrogens with zero attached hydrogens (tertiary/aromatic N) is 6. The molecule has 4 heterocycles. The summed E-state index contributed by atoms with van der Waals surface area (Å²) in [7, 11) is 1.41. The van der Waals surface area contributed by atoms with Crippen molar-refractivity contribution in [2.45, 2.75) is 19.3 Å². The van der Waals surface area contributed by atoms with Crippen molar-refractivity contribution >= 4 is 23.7 Å². The quantitative estimate of drug-likeness (QED) is 0.694. The van der Waals surface area contributed by atoms with Crippen LogP contribution in [0.1, 0.15) is 18.4 Å². The first-order chi connectivity index (χ1) is 14.2. The number of nitrogen functional groups attached to an aromatic ring is 1. The monoisotopic (exact) mass is 399 g/mol. The highest BCUT2D eigenvalue weighted by Crippen LogP contribution is 2.35. The number of anilines is 3. The largest absolute Gasteiger partial charge is 0.469 e. The molecule has 4 rings (SSSR count). The van der Waals surface area contributed by atoms with Crippen molar-refractivity contribution in [1.29, 1.82) is 0 Å². The summed E-state index contributed by atoms with van der Waals surface area (Å²) < 4.78 is 10.2. The highest BCUT2D eigenvalue weighted by Gasteiger charge is 2.28. The molecule has 2 aromatic heterocycles. The second kappa shape index (κ2) is 8.56. The first-order valence-electron chi connectivity index (χ1n) is 9.79. The minimum Gasteiger partial charge on any atom is -0.469 e. The molecule has 0 aromatic carbocycles. The molecule has 1 fully saturated rings. The van der Waals surface area contributed by atoms with E-state index in [-0.39, 0.29) is 11.9 Å². The molecule has 10 nitrogen and oxygen atoms in total. The van der Waals surface area contributed by atoms with Crippen LogP contribution in [0.4, 0.5) is 17.7 Å². The van der Waals surface area contributed by atoms with Gasteiger partial charge in [-0.2, -0.15) is 4.98 Å². The van der Waals surface area contributed by atoms with E-state index in [1.165, 1.54) is 7.11 Å². The summed E-state index contributed by atoms with van der Waals surface area (Å²) in [6.45, 7) is 4.38. The Hall–Kier alpha value is -3.01. The van der Waals surface area contributed by atoms with Gasteiger partial charge in [0, 0.05) is 56.1 Å². The summed E-state index contributed by atoms with van der Waals surface area (Å²) in [5, 5.41) is 0. The van der Waals surface area contributed by atoms with Crippen molar-refractivity contribution < 1.29 is 14.3 Å². The van der Waals surface area contributed by atoms with E-state index in [0.717, 1.165) is 55.2 Å². The van der Waals surface area contributed by atoms with E-state index in [4.69, 9.17) is 25.2 Å². The minimum atomic E-state index is -0.194. The van der Waals surface area contributed by atoms with Crippen molar-refractivity contribution in [1.82, 2.24) is 19.9 Å². The van der Waals surface area contributed by atoms with Crippen LogP contribution in [0.25, 0.3) is 11.3 Å². The van der Waals surface area contributed by atoms with E-state index >= 15 is 0 Å². The molecule has 2 N–H and O–H groups in total. The van der Waals surface area contributed by atoms with Crippen molar-refractivity contribution in [3.63, 3.8) is 0 Å². The van der Waals surface area contributed by atoms with Gasteiger partial charge in [-0.3, -0.25) is 4.79 Å². The molecule has 0 aliphatic carbocycles. The Balaban J connectivity index is 1.66. The van der Waals surface area contributed by atoms with Crippen LogP contribution in [0.15, 0.2) is 12.4 Å². The van der Waals surface area contributed by atoms with Crippen molar-refractivity contribution in [2.24, 2.45) is 0 Å². The van der Waals surface area contributed by atoms with Crippen LogP contribution in [0.5, 0.6) is 0 Å². The fourth-order valence-corrected chi connectivity index (χ4v) is 3.64. The Labute approximate surface area is 169 Å². The Morgan fingerprint density at radius 3 is 2.69 bits per heavy atom. The molecule has 0 saturated carbocycles. The van der Waals surface area contributed by atoms with Gasteiger partial charge < -0.3 is 25.0 Å². The van der Waals surface area contributed by atoms with Crippen LogP contribution in [0, 0.1) is 0 Å². The van der Waals surface area contributed by atoms with E-state index in [2.05, 4.69) is 19.8 Å². The minimum absolute atomic E-state index is 0.194. The molecule has 2 aliphatic rings. The molecule has 29 heavy (non-hydrogen) atoms. The van der Waals surface area contributed by atoms with Crippen LogP contribution < -0.4 is 15.5 Å². The zero-order valence-corrected chi connectivity index (χ0v) is 16.5. The lowest BCUT2D eigenvalue weighted by Crippen LogP contribution is -2.37. The standard InChI is InChI=1S/C19H25N7O3/c1-28-15(27)3-2-5-25-6-4-14-16(13-11-21-18(20)22-12-13)23-19(24-17(14)25)26-7-9-29-10-8-26/h11-12H,2-10H2,1H3,(H2,20,21,22). The lowest BCUT2D eigenvalue weighted by molar-refractivity contribution is -0.140. The maximum atomic E-state index is 11.4. The number of hydrogen-bond acceptors (Lipinski definition) is 10. The smallest absolute Gasteiger partial charge is 0.305 e. The molecule has 0 unspecified atom stereocenters. The molecule has 154 valence electrons. The van der Waals surface area contributed by atoms with Crippen molar-refractivity contribution in [2.75, 3.05) is 62.0 Å². The number of carbonyl (C=O) groups is 1. The van der Waals surface area contributed by atoms with Crippen LogP contribution in [0.3, 0.4) is 0 Å². The van der Waals surface area contributed by atoms with Gasteiger partial charge in [0.2, 0.25) is 11.9 Å². The number of esters is 1. The van der Waals surface area contributed by atoms with Gasteiger partial charge in [0.1, 0.15) is 5.82 Å². The Morgan fingerprint density at radius 2 is 1.97 bits per heavy atom. The topological polar surface area (TPSA) is 120 Å². The van der Waals surface area contributed by atoms with Gasteiger partial charge in [0.15, 0.2) is 0 Å².